The van der Waals surface area contributed by atoms with E-state index in [4.69, 9.17) is 28.4 Å². The van der Waals surface area contributed by atoms with Gasteiger partial charge in [-0.2, -0.15) is 0 Å². The lowest BCUT2D eigenvalue weighted by Crippen LogP contribution is -2.65. The summed E-state index contributed by atoms with van der Waals surface area (Å²) in [7, 11) is 1.71. The molecule has 0 unspecified atom stereocenters. The molecule has 0 aromatic rings. The first-order valence-electron chi connectivity index (χ1n) is 21.9. The molecule has 0 radical (unpaired) electrons. The minimum absolute atomic E-state index is 0.00628. The number of aliphatic hydroxyl groups is 9. The number of carbonyl (C=O) groups is 1. The Kier molecular flexibility index (Phi) is 11.2. The van der Waals surface area contributed by atoms with Crippen molar-refractivity contribution in [3.05, 3.63) is 0 Å². The molecule has 9 N–H and O–H groups in total. The van der Waals surface area contributed by atoms with Crippen molar-refractivity contribution in [2.45, 2.75) is 184 Å². The van der Waals surface area contributed by atoms with Gasteiger partial charge >= 0.3 is 0 Å². The first kappa shape index (κ1) is 44.7. The van der Waals surface area contributed by atoms with Gasteiger partial charge in [-0.15, -0.1) is 0 Å². The van der Waals surface area contributed by atoms with Crippen LogP contribution in [0.5, 0.6) is 0 Å². The van der Waals surface area contributed by atoms with Crippen LogP contribution in [0.1, 0.15) is 99.3 Å². The van der Waals surface area contributed by atoms with Crippen LogP contribution in [0, 0.1) is 50.7 Å². The van der Waals surface area contributed by atoms with Crippen LogP contribution < -0.4 is 0 Å². The molecule has 3 saturated heterocycles. The van der Waals surface area contributed by atoms with Gasteiger partial charge in [-0.1, -0.05) is 34.6 Å². The summed E-state index contributed by atoms with van der Waals surface area (Å²) in [5, 5.41) is 93.7. The number of rotatable bonds is 11. The summed E-state index contributed by atoms with van der Waals surface area (Å²) in [6.45, 7) is 10.9. The van der Waals surface area contributed by atoms with E-state index in [-0.39, 0.29) is 57.4 Å². The van der Waals surface area contributed by atoms with Crippen LogP contribution in [0.15, 0.2) is 0 Å². The van der Waals surface area contributed by atoms with Gasteiger partial charge in [0.2, 0.25) is 0 Å². The van der Waals surface area contributed by atoms with E-state index in [1.54, 1.807) is 7.11 Å². The van der Waals surface area contributed by atoms with Crippen LogP contribution in [-0.4, -0.2) is 164 Å². The summed E-state index contributed by atoms with van der Waals surface area (Å²) in [6.07, 6.45) is -8.48. The van der Waals surface area contributed by atoms with Crippen LogP contribution in [0.3, 0.4) is 0 Å². The average molecular weight is 843 g/mol. The fourth-order valence-electron chi connectivity index (χ4n) is 15.2. The van der Waals surface area contributed by atoms with E-state index >= 15 is 0 Å². The van der Waals surface area contributed by atoms with Crippen molar-refractivity contribution in [3.63, 3.8) is 0 Å². The number of hydrogen-bond donors (Lipinski definition) is 9. The molecule has 2 spiro atoms. The number of ether oxygens (including phenoxy) is 6. The van der Waals surface area contributed by atoms with Crippen molar-refractivity contribution in [1.82, 2.24) is 0 Å². The zero-order valence-electron chi connectivity index (χ0n) is 35.6. The van der Waals surface area contributed by atoms with E-state index in [1.165, 1.54) is 6.92 Å². The smallest absolute Gasteiger partial charge is 0.187 e. The number of aliphatic hydroxyl groups excluding tert-OH is 8. The summed E-state index contributed by atoms with van der Waals surface area (Å²) in [4.78, 5) is 13.1. The van der Waals surface area contributed by atoms with Gasteiger partial charge in [0, 0.05) is 25.9 Å². The largest absolute Gasteiger partial charge is 0.394 e. The Morgan fingerprint density at radius 1 is 0.729 bits per heavy atom. The Balaban J connectivity index is 1.01. The zero-order valence-corrected chi connectivity index (χ0v) is 35.6. The quantitative estimate of drug-likeness (QED) is 0.125. The Morgan fingerprint density at radius 2 is 1.34 bits per heavy atom. The summed E-state index contributed by atoms with van der Waals surface area (Å²) in [5.41, 5.74) is -2.25. The average Bonchev–Trinajstić information content (AvgIpc) is 3.71. The second-order valence-electron chi connectivity index (χ2n) is 21.2. The highest BCUT2D eigenvalue weighted by molar-refractivity contribution is 5.87. The monoisotopic (exact) mass is 842 g/mol. The molecule has 59 heavy (non-hydrogen) atoms. The van der Waals surface area contributed by atoms with E-state index in [0.29, 0.717) is 18.8 Å². The number of Topliss-reactive ketones (excluding diaryl/α,β-unsaturated/α-hetero) is 1. The molecule has 22 atom stereocenters. The molecule has 8 rings (SSSR count). The number of carbonyl (C=O) groups excluding carboxylic acids is 1. The molecular formula is C43H70O16. The van der Waals surface area contributed by atoms with Crippen LogP contribution in [0.4, 0.5) is 0 Å². The molecule has 16 heteroatoms. The molecule has 0 amide bonds. The predicted molar refractivity (Wildman–Crippen MR) is 205 cm³/mol. The SMILES string of the molecule is CO[C@]12C[C@@]3(C)[C@@H]4CC[C@H]5C(C)(C)[C@@H](O[C@@H]6O[C@H](CO)[C@H](O)[C@H](O)[C@H]6O[C@@H]6O[C@H](CO)[C@@H](O)[C@H](O)[C@H]6O)CC[C@@]56C[C@@]46CC[C@]3(C)[C@H]1[C@H](C)[C@H](CC(=O)[C@@](C)(O)CO)O2. The first-order chi connectivity index (χ1) is 27.6. The van der Waals surface area contributed by atoms with Crippen molar-refractivity contribution < 1.29 is 79.2 Å². The van der Waals surface area contributed by atoms with Crippen LogP contribution in [0.25, 0.3) is 0 Å². The molecule has 8 fully saturated rings. The topological polar surface area (TPSA) is 255 Å². The third-order valence-corrected chi connectivity index (χ3v) is 18.5. The van der Waals surface area contributed by atoms with Gasteiger partial charge in [-0.25, -0.2) is 0 Å². The molecule has 0 bridgehead atoms. The molecule has 5 saturated carbocycles. The third kappa shape index (κ3) is 6.13. The van der Waals surface area contributed by atoms with Gasteiger partial charge in [-0.3, -0.25) is 4.79 Å². The molecule has 8 aliphatic rings. The Bertz CT molecular complexity index is 1590. The van der Waals surface area contributed by atoms with Crippen molar-refractivity contribution in [2.24, 2.45) is 50.7 Å². The molecule has 0 aromatic heterocycles. The second-order valence-corrected chi connectivity index (χ2v) is 21.2. The summed E-state index contributed by atoms with van der Waals surface area (Å²) in [5.74, 6) is -0.566. The highest BCUT2D eigenvalue weighted by Crippen LogP contribution is 2.90. The molecule has 16 nitrogen and oxygen atoms in total. The van der Waals surface area contributed by atoms with Crippen LogP contribution in [0.2, 0.25) is 0 Å². The maximum atomic E-state index is 13.1. The number of fused-ring (bicyclic) bond motifs is 4. The molecule has 5 aliphatic carbocycles. The van der Waals surface area contributed by atoms with E-state index in [0.717, 1.165) is 38.5 Å². The summed E-state index contributed by atoms with van der Waals surface area (Å²) >= 11 is 0. The summed E-state index contributed by atoms with van der Waals surface area (Å²) < 4.78 is 37.7. The van der Waals surface area contributed by atoms with Gasteiger partial charge in [0.15, 0.2) is 24.2 Å². The minimum Gasteiger partial charge on any atom is -0.394 e. The van der Waals surface area contributed by atoms with E-state index in [9.17, 15) is 50.8 Å². The zero-order chi connectivity index (χ0) is 43.0. The van der Waals surface area contributed by atoms with Crippen LogP contribution >= 0.6 is 0 Å². The van der Waals surface area contributed by atoms with Crippen LogP contribution in [-0.2, 0) is 33.2 Å². The third-order valence-electron chi connectivity index (χ3n) is 18.5. The highest BCUT2D eigenvalue weighted by Gasteiger charge is 2.85. The molecule has 0 aromatic carbocycles. The van der Waals surface area contributed by atoms with E-state index in [2.05, 4.69) is 34.6 Å². The maximum absolute atomic E-state index is 13.1. The lowest BCUT2D eigenvalue weighted by molar-refractivity contribution is -0.377. The lowest BCUT2D eigenvalue weighted by atomic mass is 9.41. The Labute approximate surface area is 346 Å². The lowest BCUT2D eigenvalue weighted by Gasteiger charge is -2.63. The van der Waals surface area contributed by atoms with Gasteiger partial charge in [-0.05, 0) is 96.7 Å². The summed E-state index contributed by atoms with van der Waals surface area (Å²) in [6, 6.07) is 0. The maximum Gasteiger partial charge on any atom is 0.187 e. The highest BCUT2D eigenvalue weighted by atomic mass is 16.8. The van der Waals surface area contributed by atoms with E-state index in [1.807, 2.05) is 0 Å². The normalized spacial score (nSPS) is 55.9. The van der Waals surface area contributed by atoms with Crippen molar-refractivity contribution in [3.8, 4) is 0 Å². The van der Waals surface area contributed by atoms with E-state index < -0.39 is 105 Å². The van der Waals surface area contributed by atoms with Gasteiger partial charge in [0.25, 0.3) is 0 Å². The first-order valence-corrected chi connectivity index (χ1v) is 21.9. The van der Waals surface area contributed by atoms with Gasteiger partial charge < -0.3 is 74.4 Å². The Morgan fingerprint density at radius 3 is 1.97 bits per heavy atom. The minimum atomic E-state index is -1.83. The standard InChI is InChI=1S/C43H70O16/c1-20-21(14-26(47)40(6,53)19-46)59-43(54-7)17-39(5)25-9-8-24-37(2,3)27(10-11-41(24)18-42(25,41)13-12-38(39,4)34(20)43)57-36-33(31(51)29(49)23(16-45)56-36)58-35-32(52)30(50)28(48)22(15-44)55-35/h20-25,27-36,44-46,48-53H,8-19H2,1-7H3/t20-,21+,22-,23-,24+,25+,27+,28-,29+,30+,31+,32-,33-,34-,35+,36+,38-,39+,40+,41-,42+,43+/m1/s1. The van der Waals surface area contributed by atoms with Crippen molar-refractivity contribution in [1.29, 1.82) is 0 Å². The fourth-order valence-corrected chi connectivity index (χ4v) is 15.2. The van der Waals surface area contributed by atoms with Crippen molar-refractivity contribution >= 4 is 5.78 Å². The number of ketones is 1. The molecule has 3 heterocycles. The second kappa shape index (κ2) is 14.8. The van der Waals surface area contributed by atoms with Gasteiger partial charge in [0.05, 0.1) is 32.0 Å². The molecule has 3 aliphatic heterocycles. The number of hydrogen-bond acceptors (Lipinski definition) is 16. The molecular weight excluding hydrogens is 772 g/mol. The molecule has 338 valence electrons. The predicted octanol–water partition coefficient (Wildman–Crippen LogP) is 0.125. The fraction of sp³-hybridized carbons (Fsp3) is 0.977. The van der Waals surface area contributed by atoms with Gasteiger partial charge in [0.1, 0.15) is 54.4 Å². The Hall–Kier alpha value is -0.930. The van der Waals surface area contributed by atoms with Crippen molar-refractivity contribution in [2.75, 3.05) is 26.9 Å². The number of methoxy groups -OCH3 is 1.